The van der Waals surface area contributed by atoms with Crippen LogP contribution in [-0.4, -0.2) is 36.6 Å². The molecule has 0 radical (unpaired) electrons. The van der Waals surface area contributed by atoms with Crippen LogP contribution in [-0.2, 0) is 0 Å². The van der Waals surface area contributed by atoms with Crippen molar-refractivity contribution in [2.24, 2.45) is 0 Å². The third kappa shape index (κ3) is 3.64. The minimum atomic E-state index is -0.00646. The summed E-state index contributed by atoms with van der Waals surface area (Å²) in [7, 11) is 0. The summed E-state index contributed by atoms with van der Waals surface area (Å²) >= 11 is 3.50. The molecule has 0 aliphatic rings. The Balaban J connectivity index is 1.54. The fourth-order valence-corrected chi connectivity index (χ4v) is 4.96. The minimum absolute atomic E-state index is 0.00646. The van der Waals surface area contributed by atoms with E-state index in [0.717, 1.165) is 39.7 Å². The number of fused-ring (bicyclic) bond motifs is 2. The molecule has 150 valence electrons. The Morgan fingerprint density at radius 1 is 1.07 bits per heavy atom. The van der Waals surface area contributed by atoms with Gasteiger partial charge in [-0.1, -0.05) is 36.4 Å². The smallest absolute Gasteiger partial charge is 0.160 e. The van der Waals surface area contributed by atoms with E-state index in [1.807, 2.05) is 46.6 Å². The predicted molar refractivity (Wildman–Crippen MR) is 125 cm³/mol. The van der Waals surface area contributed by atoms with E-state index in [9.17, 15) is 0 Å². The Kier molecular flexibility index (Phi) is 5.33. The number of nitrogens with one attached hydrogen (secondary N) is 1. The quantitative estimate of drug-likeness (QED) is 0.376. The average molecular weight is 433 g/mol. The number of pyridine rings is 1. The Labute approximate surface area is 182 Å². The van der Waals surface area contributed by atoms with E-state index >= 15 is 0 Å². The third-order valence-corrected chi connectivity index (χ3v) is 6.70. The topological polar surface area (TPSA) is 68.0 Å². The molecule has 5 aromatic rings. The van der Waals surface area contributed by atoms with Crippen LogP contribution in [0.25, 0.3) is 26.3 Å². The zero-order chi connectivity index (χ0) is 20.3. The van der Waals surface area contributed by atoms with Crippen molar-refractivity contribution in [3.63, 3.8) is 0 Å². The molecule has 4 heterocycles. The average Bonchev–Trinajstić information content (AvgIpc) is 3.42. The van der Waals surface area contributed by atoms with Crippen LogP contribution in [0.1, 0.15) is 18.3 Å². The Morgan fingerprint density at radius 2 is 1.93 bits per heavy atom. The van der Waals surface area contributed by atoms with E-state index < -0.39 is 0 Å². The molecule has 0 saturated heterocycles. The van der Waals surface area contributed by atoms with Crippen molar-refractivity contribution in [1.82, 2.24) is 24.6 Å². The van der Waals surface area contributed by atoms with Crippen LogP contribution >= 0.6 is 23.1 Å². The van der Waals surface area contributed by atoms with Gasteiger partial charge < -0.3 is 5.32 Å². The van der Waals surface area contributed by atoms with Gasteiger partial charge in [0.1, 0.15) is 17.0 Å². The van der Waals surface area contributed by atoms with Crippen LogP contribution in [0.2, 0.25) is 0 Å². The maximum Gasteiger partial charge on any atom is 0.160 e. The van der Waals surface area contributed by atoms with E-state index in [1.54, 1.807) is 17.7 Å². The minimum Gasteiger partial charge on any atom is -0.359 e. The van der Waals surface area contributed by atoms with Crippen molar-refractivity contribution in [2.45, 2.75) is 12.5 Å². The number of thioether (sulfide) groups is 1. The lowest BCUT2D eigenvalue weighted by Gasteiger charge is -2.18. The molecule has 5 rings (SSSR count). The van der Waals surface area contributed by atoms with Gasteiger partial charge in [-0.05, 0) is 42.2 Å². The van der Waals surface area contributed by atoms with Gasteiger partial charge in [-0.2, -0.15) is 11.8 Å². The highest BCUT2D eigenvalue weighted by molar-refractivity contribution is 7.98. The molecule has 8 heteroatoms. The SMILES string of the molecule is CSCC[C@@H](Nc1ncnc2sc(-c3ccccc3)cc12)c1nnc2ccccn12. The first-order valence-electron chi connectivity index (χ1n) is 9.68. The first-order chi connectivity index (χ1) is 14.8. The van der Waals surface area contributed by atoms with Crippen LogP contribution in [0.3, 0.4) is 0 Å². The van der Waals surface area contributed by atoms with Crippen LogP contribution in [0.5, 0.6) is 0 Å². The standard InChI is InChI=1S/C22H20N6S2/c1-29-12-10-17(21-27-26-19-9-5-6-11-28(19)21)25-20-16-13-18(15-7-3-2-4-8-15)30-22(16)24-14-23-20/h2-9,11,13-14,17H,10,12H2,1H3,(H,23,24,25)/t17-/m1/s1. The number of benzene rings is 1. The first-order valence-corrected chi connectivity index (χ1v) is 11.9. The van der Waals surface area contributed by atoms with E-state index in [-0.39, 0.29) is 6.04 Å². The molecule has 0 unspecified atom stereocenters. The van der Waals surface area contributed by atoms with Crippen molar-refractivity contribution >= 4 is 44.8 Å². The van der Waals surface area contributed by atoms with Crippen LogP contribution in [0, 0.1) is 0 Å². The van der Waals surface area contributed by atoms with E-state index in [0.29, 0.717) is 0 Å². The zero-order valence-electron chi connectivity index (χ0n) is 16.4. The number of thiophene rings is 1. The molecule has 6 nitrogen and oxygen atoms in total. The largest absolute Gasteiger partial charge is 0.359 e. The summed E-state index contributed by atoms with van der Waals surface area (Å²) in [5.41, 5.74) is 2.03. The number of hydrogen-bond donors (Lipinski definition) is 1. The fraction of sp³-hybridized carbons (Fsp3) is 0.182. The van der Waals surface area contributed by atoms with E-state index in [2.05, 4.69) is 62.1 Å². The molecule has 1 atom stereocenters. The molecule has 30 heavy (non-hydrogen) atoms. The highest BCUT2D eigenvalue weighted by atomic mass is 32.2. The van der Waals surface area contributed by atoms with Gasteiger partial charge in [-0.15, -0.1) is 21.5 Å². The second-order valence-corrected chi connectivity index (χ2v) is 8.90. The lowest BCUT2D eigenvalue weighted by Crippen LogP contribution is -2.16. The van der Waals surface area contributed by atoms with Gasteiger partial charge in [0.25, 0.3) is 0 Å². The Hall–Kier alpha value is -2.97. The summed E-state index contributed by atoms with van der Waals surface area (Å²) in [6, 6.07) is 18.5. The Bertz CT molecular complexity index is 1280. The lowest BCUT2D eigenvalue weighted by molar-refractivity contribution is 0.686. The molecule has 1 N–H and O–H groups in total. The molecular weight excluding hydrogens is 412 g/mol. The number of anilines is 1. The molecule has 0 saturated carbocycles. The van der Waals surface area contributed by atoms with Crippen LogP contribution in [0.15, 0.2) is 67.1 Å². The van der Waals surface area contributed by atoms with Gasteiger partial charge in [0.15, 0.2) is 11.5 Å². The number of nitrogens with zero attached hydrogens (tertiary/aromatic N) is 5. The number of rotatable bonds is 7. The van der Waals surface area contributed by atoms with Crippen LogP contribution in [0.4, 0.5) is 5.82 Å². The Morgan fingerprint density at radius 3 is 2.80 bits per heavy atom. The summed E-state index contributed by atoms with van der Waals surface area (Å²) in [5, 5.41) is 13.5. The van der Waals surface area contributed by atoms with Gasteiger partial charge in [0, 0.05) is 11.1 Å². The molecule has 0 amide bonds. The first kappa shape index (κ1) is 19.0. The van der Waals surface area contributed by atoms with E-state index in [1.165, 1.54) is 10.4 Å². The van der Waals surface area contributed by atoms with Crippen molar-refractivity contribution in [2.75, 3.05) is 17.3 Å². The molecule has 0 aliphatic heterocycles. The highest BCUT2D eigenvalue weighted by Crippen LogP contribution is 2.36. The van der Waals surface area contributed by atoms with Crippen molar-refractivity contribution < 1.29 is 0 Å². The highest BCUT2D eigenvalue weighted by Gasteiger charge is 2.20. The maximum absolute atomic E-state index is 4.57. The van der Waals surface area contributed by atoms with Gasteiger partial charge in [-0.25, -0.2) is 9.97 Å². The summed E-state index contributed by atoms with van der Waals surface area (Å²) in [4.78, 5) is 11.2. The summed E-state index contributed by atoms with van der Waals surface area (Å²) in [5.74, 6) is 2.73. The van der Waals surface area contributed by atoms with Gasteiger partial charge in [-0.3, -0.25) is 4.40 Å². The molecule has 0 spiro atoms. The second kappa shape index (κ2) is 8.41. The predicted octanol–water partition coefficient (Wildman–Crippen LogP) is 5.31. The molecular formula is C22H20N6S2. The monoisotopic (exact) mass is 432 g/mol. The second-order valence-electron chi connectivity index (χ2n) is 6.88. The summed E-state index contributed by atoms with van der Waals surface area (Å²) in [6.07, 6.45) is 6.67. The summed E-state index contributed by atoms with van der Waals surface area (Å²) < 4.78 is 2.04. The van der Waals surface area contributed by atoms with Crippen molar-refractivity contribution in [1.29, 1.82) is 0 Å². The maximum atomic E-state index is 4.57. The molecule has 0 fully saturated rings. The van der Waals surface area contributed by atoms with Gasteiger partial charge in [0.2, 0.25) is 0 Å². The summed E-state index contributed by atoms with van der Waals surface area (Å²) in [6.45, 7) is 0. The van der Waals surface area contributed by atoms with Crippen molar-refractivity contribution in [3.05, 3.63) is 72.9 Å². The van der Waals surface area contributed by atoms with Gasteiger partial charge in [0.05, 0.1) is 11.4 Å². The third-order valence-electron chi connectivity index (χ3n) is 4.96. The molecule has 4 aromatic heterocycles. The fourth-order valence-electron chi connectivity index (χ4n) is 3.48. The number of hydrogen-bond acceptors (Lipinski definition) is 7. The van der Waals surface area contributed by atoms with E-state index in [4.69, 9.17) is 0 Å². The van der Waals surface area contributed by atoms with Crippen LogP contribution < -0.4 is 5.32 Å². The van der Waals surface area contributed by atoms with Crippen molar-refractivity contribution in [3.8, 4) is 10.4 Å². The normalized spacial score (nSPS) is 12.4. The zero-order valence-corrected chi connectivity index (χ0v) is 18.0. The molecule has 0 aliphatic carbocycles. The molecule has 0 bridgehead atoms. The number of aromatic nitrogens is 5. The lowest BCUT2D eigenvalue weighted by atomic mass is 10.1. The molecule has 1 aromatic carbocycles. The van der Waals surface area contributed by atoms with Gasteiger partial charge >= 0.3 is 0 Å².